The summed E-state index contributed by atoms with van der Waals surface area (Å²) in [5.74, 6) is -2.20. The van der Waals surface area contributed by atoms with Gasteiger partial charge < -0.3 is 10.4 Å². The van der Waals surface area contributed by atoms with E-state index in [0.29, 0.717) is 0 Å². The molecule has 0 spiro atoms. The Balaban J connectivity index is 2.52. The fourth-order valence-corrected chi connectivity index (χ4v) is 3.17. The summed E-state index contributed by atoms with van der Waals surface area (Å²) >= 11 is 0. The van der Waals surface area contributed by atoms with Gasteiger partial charge in [-0.2, -0.15) is 0 Å². The number of nitrogens with one attached hydrogen (secondary N) is 1. The summed E-state index contributed by atoms with van der Waals surface area (Å²) in [6, 6.07) is 0.0645. The van der Waals surface area contributed by atoms with E-state index in [1.54, 1.807) is 0 Å². The second-order valence-electron chi connectivity index (χ2n) is 4.64. The van der Waals surface area contributed by atoms with Gasteiger partial charge in [0.1, 0.15) is 5.25 Å². The molecule has 7 heteroatoms. The summed E-state index contributed by atoms with van der Waals surface area (Å²) in [7, 11) is -3.69. The van der Waals surface area contributed by atoms with E-state index in [4.69, 9.17) is 5.11 Å². The highest BCUT2D eigenvalue weighted by Crippen LogP contribution is 2.18. The van der Waals surface area contributed by atoms with Gasteiger partial charge in [-0.15, -0.1) is 0 Å². The minimum atomic E-state index is -3.69. The van der Waals surface area contributed by atoms with Crippen molar-refractivity contribution in [2.75, 3.05) is 5.75 Å². The summed E-state index contributed by atoms with van der Waals surface area (Å²) in [4.78, 5) is 22.1. The fourth-order valence-electron chi connectivity index (χ4n) is 1.96. The van der Waals surface area contributed by atoms with E-state index in [2.05, 4.69) is 5.32 Å². The number of aliphatic carboxylic acids is 1. The maximum absolute atomic E-state index is 11.8. The van der Waals surface area contributed by atoms with Crippen molar-refractivity contribution in [2.24, 2.45) is 0 Å². The summed E-state index contributed by atoms with van der Waals surface area (Å²) in [5.41, 5.74) is 0. The topological polar surface area (TPSA) is 101 Å². The molecular formula is C11H19NO5S. The maximum atomic E-state index is 11.8. The third-order valence-corrected chi connectivity index (χ3v) is 5.27. The highest BCUT2D eigenvalue weighted by Gasteiger charge is 2.30. The molecule has 0 aromatic carbocycles. The minimum absolute atomic E-state index is 0.0645. The standard InChI is InChI=1S/C11H19NO5S/c1-8(18(16,17)7-6-10(13)14)11(15)12-9-4-2-3-5-9/h8-9H,2-7H2,1H3,(H,12,15)(H,13,14). The van der Waals surface area contributed by atoms with Gasteiger partial charge in [0, 0.05) is 6.04 Å². The Morgan fingerprint density at radius 3 is 2.39 bits per heavy atom. The quantitative estimate of drug-likeness (QED) is 0.728. The third-order valence-electron chi connectivity index (χ3n) is 3.21. The molecule has 1 saturated carbocycles. The molecule has 0 saturated heterocycles. The van der Waals surface area contributed by atoms with Gasteiger partial charge in [-0.1, -0.05) is 12.8 Å². The lowest BCUT2D eigenvalue weighted by atomic mass is 10.2. The second-order valence-corrected chi connectivity index (χ2v) is 7.08. The highest BCUT2D eigenvalue weighted by molar-refractivity contribution is 7.92. The van der Waals surface area contributed by atoms with Gasteiger partial charge in [0.2, 0.25) is 5.91 Å². The first-order chi connectivity index (χ1) is 8.33. The molecule has 18 heavy (non-hydrogen) atoms. The van der Waals surface area contributed by atoms with E-state index in [0.717, 1.165) is 25.7 Å². The zero-order chi connectivity index (χ0) is 13.8. The molecule has 2 N–H and O–H groups in total. The zero-order valence-electron chi connectivity index (χ0n) is 10.4. The molecule has 0 aromatic rings. The lowest BCUT2D eigenvalue weighted by molar-refractivity contribution is -0.136. The summed E-state index contributed by atoms with van der Waals surface area (Å²) in [6.45, 7) is 1.31. The molecule has 104 valence electrons. The SMILES string of the molecule is CC(C(=O)NC1CCCC1)S(=O)(=O)CCC(=O)O. The lowest BCUT2D eigenvalue weighted by Crippen LogP contribution is -2.43. The average molecular weight is 277 g/mol. The van der Waals surface area contributed by atoms with Crippen LogP contribution in [-0.4, -0.2) is 42.4 Å². The molecule has 1 fully saturated rings. The number of carbonyl (C=O) groups is 2. The van der Waals surface area contributed by atoms with Crippen molar-refractivity contribution < 1.29 is 23.1 Å². The van der Waals surface area contributed by atoms with Crippen molar-refractivity contribution in [1.82, 2.24) is 5.32 Å². The number of amides is 1. The minimum Gasteiger partial charge on any atom is -0.481 e. The molecule has 1 aliphatic rings. The fraction of sp³-hybridized carbons (Fsp3) is 0.818. The molecule has 0 radical (unpaired) electrons. The molecule has 0 aliphatic heterocycles. The van der Waals surface area contributed by atoms with Crippen LogP contribution in [0.1, 0.15) is 39.0 Å². The van der Waals surface area contributed by atoms with Crippen LogP contribution in [0.25, 0.3) is 0 Å². The van der Waals surface area contributed by atoms with Gasteiger partial charge in [0.25, 0.3) is 0 Å². The summed E-state index contributed by atoms with van der Waals surface area (Å²) in [5, 5.41) is 9.99. The van der Waals surface area contributed by atoms with Gasteiger partial charge in [-0.3, -0.25) is 9.59 Å². The van der Waals surface area contributed by atoms with Crippen LogP contribution in [0.4, 0.5) is 0 Å². The van der Waals surface area contributed by atoms with Crippen LogP contribution >= 0.6 is 0 Å². The van der Waals surface area contributed by atoms with Crippen molar-refractivity contribution in [3.63, 3.8) is 0 Å². The van der Waals surface area contributed by atoms with E-state index in [-0.39, 0.29) is 6.04 Å². The van der Waals surface area contributed by atoms with Gasteiger partial charge in [-0.25, -0.2) is 8.42 Å². The Hall–Kier alpha value is -1.11. The van der Waals surface area contributed by atoms with Crippen molar-refractivity contribution >= 4 is 21.7 Å². The first-order valence-electron chi connectivity index (χ1n) is 6.06. The van der Waals surface area contributed by atoms with E-state index in [9.17, 15) is 18.0 Å². The predicted molar refractivity (Wildman–Crippen MR) is 65.9 cm³/mol. The molecular weight excluding hydrogens is 258 g/mol. The van der Waals surface area contributed by atoms with Gasteiger partial charge in [-0.05, 0) is 19.8 Å². The van der Waals surface area contributed by atoms with Crippen LogP contribution in [0, 0.1) is 0 Å². The third kappa shape index (κ3) is 4.29. The van der Waals surface area contributed by atoms with Crippen LogP contribution in [0.5, 0.6) is 0 Å². The Morgan fingerprint density at radius 2 is 1.89 bits per heavy atom. The zero-order valence-corrected chi connectivity index (χ0v) is 11.2. The number of hydrogen-bond donors (Lipinski definition) is 2. The monoisotopic (exact) mass is 277 g/mol. The number of carbonyl (C=O) groups excluding carboxylic acids is 1. The molecule has 1 rings (SSSR count). The van der Waals surface area contributed by atoms with Crippen LogP contribution in [0.15, 0.2) is 0 Å². The molecule has 0 heterocycles. The van der Waals surface area contributed by atoms with Crippen LogP contribution < -0.4 is 5.32 Å². The van der Waals surface area contributed by atoms with Crippen molar-refractivity contribution in [2.45, 2.75) is 50.3 Å². The lowest BCUT2D eigenvalue weighted by Gasteiger charge is -2.16. The molecule has 1 unspecified atom stereocenters. The normalized spacial score (nSPS) is 18.5. The second kappa shape index (κ2) is 6.17. The Bertz CT molecular complexity index is 411. The molecule has 1 aliphatic carbocycles. The predicted octanol–water partition coefficient (Wildman–Crippen LogP) is 0.323. The molecule has 6 nitrogen and oxygen atoms in total. The Morgan fingerprint density at radius 1 is 1.33 bits per heavy atom. The summed E-state index contributed by atoms with van der Waals surface area (Å²) in [6.07, 6.45) is 3.39. The van der Waals surface area contributed by atoms with Crippen molar-refractivity contribution in [3.05, 3.63) is 0 Å². The van der Waals surface area contributed by atoms with E-state index in [1.807, 2.05) is 0 Å². The van der Waals surface area contributed by atoms with Gasteiger partial charge in [0.15, 0.2) is 9.84 Å². The smallest absolute Gasteiger partial charge is 0.304 e. The van der Waals surface area contributed by atoms with Gasteiger partial charge in [0.05, 0.1) is 12.2 Å². The summed E-state index contributed by atoms with van der Waals surface area (Å²) < 4.78 is 23.5. The maximum Gasteiger partial charge on any atom is 0.304 e. The Labute approximate surface area is 107 Å². The molecule has 1 atom stereocenters. The Kier molecular flexibility index (Phi) is 5.13. The number of rotatable bonds is 6. The highest BCUT2D eigenvalue weighted by atomic mass is 32.2. The van der Waals surface area contributed by atoms with Crippen molar-refractivity contribution in [3.8, 4) is 0 Å². The average Bonchev–Trinajstić information content (AvgIpc) is 2.78. The van der Waals surface area contributed by atoms with E-state index >= 15 is 0 Å². The van der Waals surface area contributed by atoms with E-state index < -0.39 is 39.1 Å². The van der Waals surface area contributed by atoms with Crippen LogP contribution in [0.3, 0.4) is 0 Å². The van der Waals surface area contributed by atoms with Crippen LogP contribution in [0.2, 0.25) is 0 Å². The number of carboxylic acids is 1. The number of sulfone groups is 1. The number of carboxylic acid groups (broad SMARTS) is 1. The molecule has 0 bridgehead atoms. The van der Waals surface area contributed by atoms with Crippen LogP contribution in [-0.2, 0) is 19.4 Å². The largest absolute Gasteiger partial charge is 0.481 e. The van der Waals surface area contributed by atoms with Crippen molar-refractivity contribution in [1.29, 1.82) is 0 Å². The number of hydrogen-bond acceptors (Lipinski definition) is 4. The first-order valence-corrected chi connectivity index (χ1v) is 7.78. The first kappa shape index (κ1) is 14.9. The van der Waals surface area contributed by atoms with Gasteiger partial charge >= 0.3 is 5.97 Å². The molecule has 1 amide bonds. The molecule has 0 aromatic heterocycles. The van der Waals surface area contributed by atoms with E-state index in [1.165, 1.54) is 6.92 Å².